The Hall–Kier alpha value is -2.40. The molecule has 0 aliphatic carbocycles. The van der Waals surface area contributed by atoms with Crippen LogP contribution in [0.2, 0.25) is 0 Å². The third-order valence-corrected chi connectivity index (χ3v) is 4.51. The van der Waals surface area contributed by atoms with Crippen LogP contribution in [0.5, 0.6) is 23.0 Å². The second-order valence-electron chi connectivity index (χ2n) is 5.88. The van der Waals surface area contributed by atoms with Gasteiger partial charge >= 0.3 is 0 Å². The first-order valence-electron chi connectivity index (χ1n) is 8.26. The molecule has 0 fully saturated rings. The van der Waals surface area contributed by atoms with Gasteiger partial charge in [-0.3, -0.25) is 0 Å². The molecule has 0 radical (unpaired) electrons. The number of rotatable bonds is 4. The lowest BCUT2D eigenvalue weighted by atomic mass is 9.89. The fraction of sp³-hybridized carbons (Fsp3) is 0.368. The monoisotopic (exact) mass is 327 g/mol. The van der Waals surface area contributed by atoms with Gasteiger partial charge in [-0.1, -0.05) is 6.07 Å². The van der Waals surface area contributed by atoms with Gasteiger partial charge in [0.2, 0.25) is 6.79 Å². The molecular weight excluding hydrogens is 306 g/mol. The van der Waals surface area contributed by atoms with Crippen LogP contribution in [-0.2, 0) is 6.42 Å². The lowest BCUT2D eigenvalue weighted by Gasteiger charge is -2.28. The first kappa shape index (κ1) is 15.1. The second-order valence-corrected chi connectivity index (χ2v) is 5.88. The van der Waals surface area contributed by atoms with Crippen LogP contribution in [0.1, 0.15) is 29.7 Å². The van der Waals surface area contributed by atoms with Crippen LogP contribution in [-0.4, -0.2) is 27.1 Å². The maximum absolute atomic E-state index is 5.75. The van der Waals surface area contributed by atoms with Crippen LogP contribution >= 0.6 is 0 Å². The zero-order valence-electron chi connectivity index (χ0n) is 13.9. The summed E-state index contributed by atoms with van der Waals surface area (Å²) in [6, 6.07) is 10.4. The van der Waals surface area contributed by atoms with Crippen LogP contribution in [0, 0.1) is 0 Å². The van der Waals surface area contributed by atoms with E-state index in [4.69, 9.17) is 18.9 Å². The van der Waals surface area contributed by atoms with Crippen molar-refractivity contribution < 1.29 is 18.9 Å². The van der Waals surface area contributed by atoms with Crippen molar-refractivity contribution in [3.8, 4) is 23.0 Å². The Labute approximate surface area is 141 Å². The van der Waals surface area contributed by atoms with Gasteiger partial charge in [0.1, 0.15) is 0 Å². The molecule has 0 bridgehead atoms. The van der Waals surface area contributed by atoms with E-state index < -0.39 is 0 Å². The number of ether oxygens (including phenoxy) is 4. The minimum atomic E-state index is 0.105. The molecule has 2 aliphatic rings. The predicted molar refractivity (Wildman–Crippen MR) is 90.3 cm³/mol. The summed E-state index contributed by atoms with van der Waals surface area (Å²) in [5, 5.41) is 3.60. The molecule has 24 heavy (non-hydrogen) atoms. The van der Waals surface area contributed by atoms with Gasteiger partial charge in [-0.2, -0.15) is 0 Å². The smallest absolute Gasteiger partial charge is 0.231 e. The number of nitrogens with one attached hydrogen (secondary N) is 1. The average Bonchev–Trinajstić information content (AvgIpc) is 3.08. The molecule has 1 unspecified atom stereocenters. The second kappa shape index (κ2) is 6.24. The Morgan fingerprint density at radius 3 is 2.83 bits per heavy atom. The highest BCUT2D eigenvalue weighted by Gasteiger charge is 2.25. The van der Waals surface area contributed by atoms with Gasteiger partial charge in [-0.05, 0) is 54.3 Å². The summed E-state index contributed by atoms with van der Waals surface area (Å²) in [4.78, 5) is 0. The van der Waals surface area contributed by atoms with Gasteiger partial charge in [0.05, 0.1) is 19.8 Å². The maximum atomic E-state index is 5.75. The molecule has 5 nitrogen and oxygen atoms in total. The Morgan fingerprint density at radius 2 is 2.00 bits per heavy atom. The normalized spacial score (nSPS) is 18.2. The number of fused-ring (bicyclic) bond motifs is 2. The number of hydrogen-bond donors (Lipinski definition) is 1. The lowest BCUT2D eigenvalue weighted by molar-refractivity contribution is 0.174. The van der Waals surface area contributed by atoms with Crippen molar-refractivity contribution in [1.82, 2.24) is 5.32 Å². The molecule has 2 heterocycles. The van der Waals surface area contributed by atoms with Crippen molar-refractivity contribution in [3.05, 3.63) is 47.0 Å². The summed E-state index contributed by atoms with van der Waals surface area (Å²) in [6.07, 6.45) is 0.971. The van der Waals surface area contributed by atoms with Crippen molar-refractivity contribution in [2.24, 2.45) is 0 Å². The molecular formula is C19H21NO4. The van der Waals surface area contributed by atoms with Gasteiger partial charge in [0, 0.05) is 6.54 Å². The molecule has 2 aromatic rings. The highest BCUT2D eigenvalue weighted by Crippen LogP contribution is 2.40. The van der Waals surface area contributed by atoms with E-state index in [1.54, 1.807) is 7.11 Å². The molecule has 4 rings (SSSR count). The third kappa shape index (κ3) is 2.55. The van der Waals surface area contributed by atoms with Crippen molar-refractivity contribution in [2.45, 2.75) is 19.4 Å². The first-order chi connectivity index (χ1) is 11.8. The van der Waals surface area contributed by atoms with Crippen LogP contribution in [0.15, 0.2) is 30.3 Å². The van der Waals surface area contributed by atoms with Crippen molar-refractivity contribution in [1.29, 1.82) is 0 Å². The van der Waals surface area contributed by atoms with E-state index in [1.165, 1.54) is 11.1 Å². The lowest BCUT2D eigenvalue weighted by Crippen LogP contribution is -2.30. The van der Waals surface area contributed by atoms with Crippen LogP contribution in [0.4, 0.5) is 0 Å². The Kier molecular flexibility index (Phi) is 3.94. The largest absolute Gasteiger partial charge is 0.493 e. The molecule has 0 aromatic heterocycles. The fourth-order valence-corrected chi connectivity index (χ4v) is 3.38. The van der Waals surface area contributed by atoms with E-state index in [2.05, 4.69) is 29.6 Å². The molecule has 0 saturated heterocycles. The maximum Gasteiger partial charge on any atom is 0.231 e. The zero-order valence-corrected chi connectivity index (χ0v) is 13.9. The topological polar surface area (TPSA) is 49.0 Å². The van der Waals surface area contributed by atoms with Crippen molar-refractivity contribution in [3.63, 3.8) is 0 Å². The quantitative estimate of drug-likeness (QED) is 0.935. The minimum absolute atomic E-state index is 0.105. The van der Waals surface area contributed by atoms with E-state index >= 15 is 0 Å². The van der Waals surface area contributed by atoms with Gasteiger partial charge in [-0.15, -0.1) is 0 Å². The average molecular weight is 327 g/mol. The van der Waals surface area contributed by atoms with Crippen LogP contribution in [0.3, 0.4) is 0 Å². The third-order valence-electron chi connectivity index (χ3n) is 4.51. The highest BCUT2D eigenvalue weighted by atomic mass is 16.7. The Morgan fingerprint density at radius 1 is 1.12 bits per heavy atom. The molecule has 1 atom stereocenters. The fourth-order valence-electron chi connectivity index (χ4n) is 3.38. The molecule has 2 aliphatic heterocycles. The van der Waals surface area contributed by atoms with Gasteiger partial charge < -0.3 is 24.3 Å². The molecule has 1 N–H and O–H groups in total. The van der Waals surface area contributed by atoms with Gasteiger partial charge in [-0.25, -0.2) is 0 Å². The zero-order chi connectivity index (χ0) is 16.5. The summed E-state index contributed by atoms with van der Waals surface area (Å²) < 4.78 is 22.2. The Bertz CT molecular complexity index is 759. The van der Waals surface area contributed by atoms with E-state index in [1.807, 2.05) is 13.0 Å². The SMILES string of the molecule is CCOc1cc2c(cc1OC)CCNC2c1ccc2c(c1)OCO2. The molecule has 5 heteroatoms. The highest BCUT2D eigenvalue weighted by molar-refractivity contribution is 5.53. The summed E-state index contributed by atoms with van der Waals surface area (Å²) >= 11 is 0. The molecule has 126 valence electrons. The summed E-state index contributed by atoms with van der Waals surface area (Å²) in [5.74, 6) is 3.19. The van der Waals surface area contributed by atoms with Crippen molar-refractivity contribution in [2.75, 3.05) is 27.1 Å². The van der Waals surface area contributed by atoms with Gasteiger partial charge in [0.25, 0.3) is 0 Å². The summed E-state index contributed by atoms with van der Waals surface area (Å²) in [7, 11) is 1.68. The first-order valence-corrected chi connectivity index (χ1v) is 8.26. The molecule has 0 spiro atoms. The van der Waals surface area contributed by atoms with E-state index in [0.29, 0.717) is 13.4 Å². The standard InChI is InChI=1S/C19H21NO4/c1-3-22-18-10-14-12(8-16(18)21-2)6-7-20-19(14)13-4-5-15-17(9-13)24-11-23-15/h4-5,8-10,19-20H,3,6-7,11H2,1-2H3. The molecule has 2 aromatic carbocycles. The van der Waals surface area contributed by atoms with E-state index in [-0.39, 0.29) is 6.04 Å². The van der Waals surface area contributed by atoms with Gasteiger partial charge in [0.15, 0.2) is 23.0 Å². The number of hydrogen-bond acceptors (Lipinski definition) is 5. The molecule has 0 amide bonds. The molecule has 0 saturated carbocycles. The Balaban J connectivity index is 1.76. The number of methoxy groups -OCH3 is 1. The summed E-state index contributed by atoms with van der Waals surface area (Å²) in [6.45, 7) is 3.80. The van der Waals surface area contributed by atoms with Crippen LogP contribution < -0.4 is 24.3 Å². The predicted octanol–water partition coefficient (Wildman–Crippen LogP) is 3.06. The van der Waals surface area contributed by atoms with E-state index in [0.717, 1.165) is 41.5 Å². The summed E-state index contributed by atoms with van der Waals surface area (Å²) in [5.41, 5.74) is 3.67. The minimum Gasteiger partial charge on any atom is -0.493 e. The number of benzene rings is 2. The van der Waals surface area contributed by atoms with E-state index in [9.17, 15) is 0 Å². The van der Waals surface area contributed by atoms with Crippen molar-refractivity contribution >= 4 is 0 Å². The van der Waals surface area contributed by atoms with Crippen LogP contribution in [0.25, 0.3) is 0 Å².